The van der Waals surface area contributed by atoms with Crippen LogP contribution in [0, 0.1) is 0 Å². The molecule has 0 spiro atoms. The Labute approximate surface area is 123 Å². The number of anilines is 1. The fourth-order valence-electron chi connectivity index (χ4n) is 2.88. The number of hydrogen-bond donors (Lipinski definition) is 2. The Kier molecular flexibility index (Phi) is 3.37. The van der Waals surface area contributed by atoms with E-state index in [2.05, 4.69) is 15.8 Å². The van der Waals surface area contributed by atoms with Gasteiger partial charge < -0.3 is 10.2 Å². The van der Waals surface area contributed by atoms with E-state index in [-0.39, 0.29) is 18.0 Å². The quantitative estimate of drug-likeness (QED) is 0.818. The standard InChI is InChI=1S/C15H18N4O2/c1-9-14(17-18-15(21)16-9)12-6-5-11-4-3-7-19(10(2)20)13(11)8-12/h5-6,8-9H,3-4,7H2,1-2H3,(H2,16,18,21). The molecule has 3 rings (SSSR count). The van der Waals surface area contributed by atoms with Crippen LogP contribution in [0.3, 0.4) is 0 Å². The Morgan fingerprint density at radius 3 is 2.95 bits per heavy atom. The zero-order valence-electron chi connectivity index (χ0n) is 12.1. The Hall–Kier alpha value is -2.37. The van der Waals surface area contributed by atoms with Crippen molar-refractivity contribution in [1.29, 1.82) is 0 Å². The van der Waals surface area contributed by atoms with Crippen LogP contribution in [0.15, 0.2) is 23.3 Å². The van der Waals surface area contributed by atoms with Crippen LogP contribution >= 0.6 is 0 Å². The van der Waals surface area contributed by atoms with Gasteiger partial charge in [-0.3, -0.25) is 4.79 Å². The molecule has 6 nitrogen and oxygen atoms in total. The molecular formula is C15H18N4O2. The SMILES string of the molecule is CC(=O)N1CCCc2ccc(C3=NNC(=O)NC3C)cc21. The zero-order chi connectivity index (χ0) is 15.0. The Bertz CT molecular complexity index is 639. The molecule has 0 fully saturated rings. The lowest BCUT2D eigenvalue weighted by Crippen LogP contribution is -2.48. The number of hydrazone groups is 1. The second kappa shape index (κ2) is 5.20. The summed E-state index contributed by atoms with van der Waals surface area (Å²) in [5.74, 6) is 0.0539. The van der Waals surface area contributed by atoms with E-state index in [0.717, 1.165) is 36.3 Å². The average molecular weight is 286 g/mol. The van der Waals surface area contributed by atoms with E-state index in [0.29, 0.717) is 0 Å². The van der Waals surface area contributed by atoms with Crippen molar-refractivity contribution in [2.45, 2.75) is 32.7 Å². The average Bonchev–Trinajstić information content (AvgIpc) is 2.46. The number of aryl methyl sites for hydroxylation is 1. The molecule has 3 amide bonds. The van der Waals surface area contributed by atoms with Gasteiger partial charge in [0.05, 0.1) is 11.8 Å². The van der Waals surface area contributed by atoms with Crippen molar-refractivity contribution in [3.05, 3.63) is 29.3 Å². The van der Waals surface area contributed by atoms with Crippen molar-refractivity contribution in [2.24, 2.45) is 5.10 Å². The largest absolute Gasteiger partial charge is 0.335 e. The van der Waals surface area contributed by atoms with E-state index in [1.165, 1.54) is 5.56 Å². The van der Waals surface area contributed by atoms with Crippen molar-refractivity contribution < 1.29 is 9.59 Å². The monoisotopic (exact) mass is 286 g/mol. The van der Waals surface area contributed by atoms with E-state index in [9.17, 15) is 9.59 Å². The van der Waals surface area contributed by atoms with Crippen molar-refractivity contribution >= 4 is 23.3 Å². The first-order valence-electron chi connectivity index (χ1n) is 7.12. The van der Waals surface area contributed by atoms with E-state index in [1.807, 2.05) is 30.0 Å². The van der Waals surface area contributed by atoms with Crippen LogP contribution in [0.1, 0.15) is 31.4 Å². The van der Waals surface area contributed by atoms with Crippen LogP contribution in [0.25, 0.3) is 0 Å². The molecule has 0 saturated heterocycles. The Morgan fingerprint density at radius 1 is 1.43 bits per heavy atom. The molecule has 1 atom stereocenters. The van der Waals surface area contributed by atoms with Gasteiger partial charge in [0.25, 0.3) is 0 Å². The molecule has 2 N–H and O–H groups in total. The van der Waals surface area contributed by atoms with Gasteiger partial charge in [-0.05, 0) is 31.4 Å². The molecule has 1 aromatic carbocycles. The lowest BCUT2D eigenvalue weighted by atomic mass is 9.96. The fourth-order valence-corrected chi connectivity index (χ4v) is 2.88. The summed E-state index contributed by atoms with van der Waals surface area (Å²) in [6.45, 7) is 4.23. The van der Waals surface area contributed by atoms with Gasteiger partial charge in [-0.15, -0.1) is 0 Å². The number of carbonyl (C=O) groups is 2. The second-order valence-corrected chi connectivity index (χ2v) is 5.42. The highest BCUT2D eigenvalue weighted by atomic mass is 16.2. The number of carbonyl (C=O) groups excluding carboxylic acids is 2. The Balaban J connectivity index is 2.00. The number of rotatable bonds is 1. The molecule has 110 valence electrons. The normalized spacial score (nSPS) is 21.0. The number of nitrogens with one attached hydrogen (secondary N) is 2. The molecule has 0 radical (unpaired) electrons. The molecule has 2 aliphatic rings. The van der Waals surface area contributed by atoms with E-state index >= 15 is 0 Å². The highest BCUT2D eigenvalue weighted by Gasteiger charge is 2.24. The van der Waals surface area contributed by atoms with Crippen molar-refractivity contribution in [1.82, 2.24) is 10.7 Å². The highest BCUT2D eigenvalue weighted by molar-refractivity contribution is 6.08. The summed E-state index contributed by atoms with van der Waals surface area (Å²) in [6, 6.07) is 5.58. The summed E-state index contributed by atoms with van der Waals surface area (Å²) in [6.07, 6.45) is 1.97. The summed E-state index contributed by atoms with van der Waals surface area (Å²) in [5, 5.41) is 6.91. The minimum absolute atomic E-state index is 0.0539. The van der Waals surface area contributed by atoms with Gasteiger partial charge in [-0.25, -0.2) is 10.2 Å². The predicted octanol–water partition coefficient (Wildman–Crippen LogP) is 1.39. The third-order valence-corrected chi connectivity index (χ3v) is 3.92. The van der Waals surface area contributed by atoms with Crippen molar-refractivity contribution in [3.8, 4) is 0 Å². The summed E-state index contributed by atoms with van der Waals surface area (Å²) in [7, 11) is 0. The third-order valence-electron chi connectivity index (χ3n) is 3.92. The molecule has 0 bridgehead atoms. The first-order valence-corrected chi connectivity index (χ1v) is 7.12. The van der Waals surface area contributed by atoms with Crippen LogP contribution in [0.2, 0.25) is 0 Å². The maximum atomic E-state index is 11.8. The molecule has 2 aliphatic heterocycles. The number of amides is 3. The van der Waals surface area contributed by atoms with Crippen LogP contribution in [-0.4, -0.2) is 30.2 Å². The van der Waals surface area contributed by atoms with Crippen molar-refractivity contribution in [3.63, 3.8) is 0 Å². The predicted molar refractivity (Wildman–Crippen MR) is 80.5 cm³/mol. The number of hydrogen-bond acceptors (Lipinski definition) is 3. The molecule has 0 saturated carbocycles. The fraction of sp³-hybridized carbons (Fsp3) is 0.400. The van der Waals surface area contributed by atoms with Crippen LogP contribution in [0.5, 0.6) is 0 Å². The minimum atomic E-state index is -0.297. The number of benzene rings is 1. The van der Waals surface area contributed by atoms with Gasteiger partial charge in [0, 0.05) is 24.7 Å². The number of urea groups is 1. The maximum Gasteiger partial charge on any atom is 0.335 e. The summed E-state index contributed by atoms with van der Waals surface area (Å²) >= 11 is 0. The third kappa shape index (κ3) is 2.49. The maximum absolute atomic E-state index is 11.8. The summed E-state index contributed by atoms with van der Waals surface area (Å²) < 4.78 is 0. The molecule has 2 heterocycles. The highest BCUT2D eigenvalue weighted by Crippen LogP contribution is 2.29. The smallest absolute Gasteiger partial charge is 0.328 e. The lowest BCUT2D eigenvalue weighted by Gasteiger charge is -2.30. The van der Waals surface area contributed by atoms with Crippen molar-refractivity contribution in [2.75, 3.05) is 11.4 Å². The molecule has 21 heavy (non-hydrogen) atoms. The first-order chi connectivity index (χ1) is 10.1. The summed E-state index contributed by atoms with van der Waals surface area (Å²) in [5.41, 5.74) is 6.26. The molecular weight excluding hydrogens is 268 g/mol. The van der Waals surface area contributed by atoms with E-state index in [1.54, 1.807) is 6.92 Å². The van der Waals surface area contributed by atoms with E-state index in [4.69, 9.17) is 0 Å². The van der Waals surface area contributed by atoms with Gasteiger partial charge in [0.2, 0.25) is 5.91 Å². The topological polar surface area (TPSA) is 73.8 Å². The molecule has 1 unspecified atom stereocenters. The first kappa shape index (κ1) is 13.6. The Morgan fingerprint density at radius 2 is 2.24 bits per heavy atom. The van der Waals surface area contributed by atoms with Gasteiger partial charge >= 0.3 is 6.03 Å². The second-order valence-electron chi connectivity index (χ2n) is 5.42. The number of nitrogens with zero attached hydrogens (tertiary/aromatic N) is 2. The molecule has 0 aliphatic carbocycles. The minimum Gasteiger partial charge on any atom is -0.328 e. The van der Waals surface area contributed by atoms with Gasteiger partial charge in [-0.2, -0.15) is 5.10 Å². The molecule has 1 aromatic rings. The summed E-state index contributed by atoms with van der Waals surface area (Å²) in [4.78, 5) is 24.8. The number of fused-ring (bicyclic) bond motifs is 1. The lowest BCUT2D eigenvalue weighted by molar-refractivity contribution is -0.116. The zero-order valence-corrected chi connectivity index (χ0v) is 12.1. The van der Waals surface area contributed by atoms with E-state index < -0.39 is 0 Å². The van der Waals surface area contributed by atoms with Crippen LogP contribution in [-0.2, 0) is 11.2 Å². The molecule has 6 heteroatoms. The van der Waals surface area contributed by atoms with Gasteiger partial charge in [-0.1, -0.05) is 12.1 Å². The van der Waals surface area contributed by atoms with Crippen LogP contribution < -0.4 is 15.6 Å². The van der Waals surface area contributed by atoms with Gasteiger partial charge in [0.1, 0.15) is 0 Å². The molecule has 0 aromatic heterocycles. The van der Waals surface area contributed by atoms with Crippen LogP contribution in [0.4, 0.5) is 10.5 Å². The van der Waals surface area contributed by atoms with Gasteiger partial charge in [0.15, 0.2) is 0 Å².